The highest BCUT2D eigenvalue weighted by Gasteiger charge is 2.19. The van der Waals surface area contributed by atoms with Gasteiger partial charge in [0.1, 0.15) is 0 Å². The van der Waals surface area contributed by atoms with E-state index in [1.807, 2.05) is 12.3 Å². The maximum absolute atomic E-state index is 4.31. The van der Waals surface area contributed by atoms with E-state index >= 15 is 0 Å². The molecule has 2 heterocycles. The molecule has 1 aliphatic heterocycles. The molecule has 1 saturated heterocycles. The zero-order valence-electron chi connectivity index (χ0n) is 6.46. The smallest absolute Gasteiger partial charge is 0.0460 e. The van der Waals surface area contributed by atoms with Gasteiger partial charge in [0.15, 0.2) is 0 Å². The molecule has 0 saturated carbocycles. The fourth-order valence-electron chi connectivity index (χ4n) is 1.13. The number of halogens is 2. The van der Waals surface area contributed by atoms with E-state index in [0.717, 1.165) is 17.6 Å². The Labute approximate surface area is 86.3 Å². The summed E-state index contributed by atoms with van der Waals surface area (Å²) < 4.78 is 1.05. The van der Waals surface area contributed by atoms with Gasteiger partial charge in [0.2, 0.25) is 0 Å². The third-order valence-electron chi connectivity index (χ3n) is 1.95. The van der Waals surface area contributed by atoms with Crippen LogP contribution in [0.15, 0.2) is 22.8 Å². The minimum absolute atomic E-state index is 0. The highest BCUT2D eigenvalue weighted by atomic mass is 79.9. The molecule has 0 radical (unpaired) electrons. The monoisotopic (exact) mass is 248 g/mol. The lowest BCUT2D eigenvalue weighted by Gasteiger charge is -2.26. The normalized spacial score (nSPS) is 16.4. The first-order valence-electron chi connectivity index (χ1n) is 3.68. The maximum Gasteiger partial charge on any atom is 0.0460 e. The molecule has 0 aromatic carbocycles. The molecule has 1 N–H and O–H groups in total. The van der Waals surface area contributed by atoms with Gasteiger partial charge in [-0.3, -0.25) is 4.98 Å². The minimum Gasteiger partial charge on any atom is -0.315 e. The van der Waals surface area contributed by atoms with E-state index in [-0.39, 0.29) is 12.4 Å². The number of pyridine rings is 1. The number of hydrogen-bond acceptors (Lipinski definition) is 2. The van der Waals surface area contributed by atoms with Gasteiger partial charge in [0.05, 0.1) is 0 Å². The lowest BCUT2D eigenvalue weighted by Crippen LogP contribution is -2.40. The van der Waals surface area contributed by atoms with Gasteiger partial charge in [0.25, 0.3) is 0 Å². The van der Waals surface area contributed by atoms with E-state index in [9.17, 15) is 0 Å². The van der Waals surface area contributed by atoms with Crippen molar-refractivity contribution in [3.05, 3.63) is 28.5 Å². The Bertz CT molecular complexity index is 246. The first-order valence-corrected chi connectivity index (χ1v) is 4.48. The Morgan fingerprint density at radius 2 is 2.17 bits per heavy atom. The Balaban J connectivity index is 0.000000720. The first kappa shape index (κ1) is 9.96. The summed E-state index contributed by atoms with van der Waals surface area (Å²) in [4.78, 5) is 4.31. The van der Waals surface area contributed by atoms with Gasteiger partial charge in [-0.2, -0.15) is 0 Å². The summed E-state index contributed by atoms with van der Waals surface area (Å²) in [5.41, 5.74) is 1.20. The van der Waals surface area contributed by atoms with Crippen molar-refractivity contribution in [3.8, 4) is 0 Å². The number of nitrogens with one attached hydrogen (secondary N) is 1. The Kier molecular flexibility index (Phi) is 3.50. The van der Waals surface area contributed by atoms with Crippen LogP contribution in [0, 0.1) is 0 Å². The second kappa shape index (κ2) is 4.21. The highest BCUT2D eigenvalue weighted by Crippen LogP contribution is 2.18. The van der Waals surface area contributed by atoms with E-state index in [4.69, 9.17) is 0 Å². The molecule has 0 spiro atoms. The zero-order chi connectivity index (χ0) is 7.68. The molecule has 0 bridgehead atoms. The molecule has 4 heteroatoms. The highest BCUT2D eigenvalue weighted by molar-refractivity contribution is 9.10. The molecule has 2 nitrogen and oxygen atoms in total. The second-order valence-corrected chi connectivity index (χ2v) is 3.67. The number of rotatable bonds is 1. The summed E-state index contributed by atoms with van der Waals surface area (Å²) in [5, 5.41) is 3.22. The van der Waals surface area contributed by atoms with Crippen LogP contribution >= 0.6 is 28.3 Å². The summed E-state index contributed by atoms with van der Waals surface area (Å²) in [6.07, 6.45) is 1.85. The van der Waals surface area contributed by atoms with Gasteiger partial charge in [-0.25, -0.2) is 0 Å². The summed E-state index contributed by atoms with van der Waals surface area (Å²) in [6, 6.07) is 4.12. The van der Waals surface area contributed by atoms with Crippen molar-refractivity contribution in [2.24, 2.45) is 0 Å². The molecule has 1 aromatic rings. The molecule has 1 fully saturated rings. The van der Waals surface area contributed by atoms with E-state index in [0.29, 0.717) is 5.92 Å². The van der Waals surface area contributed by atoms with Gasteiger partial charge >= 0.3 is 0 Å². The predicted octanol–water partition coefficient (Wildman–Crippen LogP) is 1.95. The maximum atomic E-state index is 4.31. The lowest BCUT2D eigenvalue weighted by atomic mass is 9.99. The summed E-state index contributed by atoms with van der Waals surface area (Å²) in [6.45, 7) is 2.16. The molecule has 0 unspecified atom stereocenters. The Morgan fingerprint density at radius 1 is 1.42 bits per heavy atom. The first-order chi connectivity index (χ1) is 5.36. The minimum atomic E-state index is 0. The fourth-order valence-corrected chi connectivity index (χ4v) is 1.36. The standard InChI is InChI=1S/C8H9BrN2.ClH/c9-7-1-2-8(11-5-7)6-3-10-4-6;/h1-2,5-6,10H,3-4H2;1H. The number of aromatic nitrogens is 1. The molecule has 66 valence electrons. The van der Waals surface area contributed by atoms with E-state index in [1.54, 1.807) is 0 Å². The molecular weight excluding hydrogens is 239 g/mol. The third kappa shape index (κ3) is 1.97. The van der Waals surface area contributed by atoms with Gasteiger partial charge in [-0.15, -0.1) is 12.4 Å². The molecule has 1 aromatic heterocycles. The SMILES string of the molecule is Brc1ccc(C2CNC2)nc1.Cl. The number of hydrogen-bond donors (Lipinski definition) is 1. The molecular formula is C8H10BrClN2. The largest absolute Gasteiger partial charge is 0.315 e. The third-order valence-corrected chi connectivity index (χ3v) is 2.42. The van der Waals surface area contributed by atoms with Gasteiger partial charge in [-0.1, -0.05) is 0 Å². The lowest BCUT2D eigenvalue weighted by molar-refractivity contribution is 0.440. The Hall–Kier alpha value is -0.120. The number of nitrogens with zero attached hydrogens (tertiary/aromatic N) is 1. The average molecular weight is 250 g/mol. The Morgan fingerprint density at radius 3 is 2.58 bits per heavy atom. The van der Waals surface area contributed by atoms with Crippen LogP contribution in [0.4, 0.5) is 0 Å². The van der Waals surface area contributed by atoms with Crippen LogP contribution in [0.5, 0.6) is 0 Å². The average Bonchev–Trinajstić information content (AvgIpc) is 1.90. The molecule has 0 aliphatic carbocycles. The van der Waals surface area contributed by atoms with Crippen LogP contribution in [-0.2, 0) is 0 Å². The molecule has 2 rings (SSSR count). The van der Waals surface area contributed by atoms with Crippen LogP contribution in [-0.4, -0.2) is 18.1 Å². The van der Waals surface area contributed by atoms with Crippen molar-refractivity contribution in [2.75, 3.05) is 13.1 Å². The fraction of sp³-hybridized carbons (Fsp3) is 0.375. The van der Waals surface area contributed by atoms with Crippen LogP contribution in [0.2, 0.25) is 0 Å². The molecule has 0 atom stereocenters. The van der Waals surface area contributed by atoms with Crippen molar-refractivity contribution < 1.29 is 0 Å². The van der Waals surface area contributed by atoms with Crippen LogP contribution in [0.3, 0.4) is 0 Å². The van der Waals surface area contributed by atoms with Crippen LogP contribution in [0.25, 0.3) is 0 Å². The molecule has 1 aliphatic rings. The van der Waals surface area contributed by atoms with E-state index < -0.39 is 0 Å². The van der Waals surface area contributed by atoms with Crippen molar-refractivity contribution in [1.29, 1.82) is 0 Å². The molecule has 0 amide bonds. The van der Waals surface area contributed by atoms with Crippen molar-refractivity contribution in [3.63, 3.8) is 0 Å². The quantitative estimate of drug-likeness (QED) is 0.823. The summed E-state index contributed by atoms with van der Waals surface area (Å²) >= 11 is 3.36. The molecule has 12 heavy (non-hydrogen) atoms. The zero-order valence-corrected chi connectivity index (χ0v) is 8.86. The second-order valence-electron chi connectivity index (χ2n) is 2.76. The van der Waals surface area contributed by atoms with Crippen molar-refractivity contribution >= 4 is 28.3 Å². The van der Waals surface area contributed by atoms with Gasteiger partial charge < -0.3 is 5.32 Å². The summed E-state index contributed by atoms with van der Waals surface area (Å²) in [7, 11) is 0. The van der Waals surface area contributed by atoms with Gasteiger partial charge in [-0.05, 0) is 28.1 Å². The van der Waals surface area contributed by atoms with E-state index in [2.05, 4.69) is 32.3 Å². The van der Waals surface area contributed by atoms with Gasteiger partial charge in [0, 0.05) is 35.4 Å². The van der Waals surface area contributed by atoms with Crippen molar-refractivity contribution in [1.82, 2.24) is 10.3 Å². The van der Waals surface area contributed by atoms with Crippen molar-refractivity contribution in [2.45, 2.75) is 5.92 Å². The topological polar surface area (TPSA) is 24.9 Å². The van der Waals surface area contributed by atoms with Crippen LogP contribution in [0.1, 0.15) is 11.6 Å². The van der Waals surface area contributed by atoms with Crippen LogP contribution < -0.4 is 5.32 Å². The predicted molar refractivity (Wildman–Crippen MR) is 54.8 cm³/mol. The van der Waals surface area contributed by atoms with E-state index in [1.165, 1.54) is 5.69 Å². The summed E-state index contributed by atoms with van der Waals surface area (Å²) in [5.74, 6) is 0.642.